The van der Waals surface area contributed by atoms with Crippen molar-refractivity contribution < 1.29 is 14.3 Å². The molecule has 2 aliphatic rings. The number of nitrogens with zero attached hydrogens (tertiary/aromatic N) is 1. The van der Waals surface area contributed by atoms with Crippen LogP contribution in [0.1, 0.15) is 45.6 Å². The third-order valence-electron chi connectivity index (χ3n) is 5.35. The Bertz CT molecular complexity index is 725. The Morgan fingerprint density at radius 1 is 1.23 bits per heavy atom. The fourth-order valence-corrected chi connectivity index (χ4v) is 5.02. The zero-order chi connectivity index (χ0) is 18.9. The molecule has 0 unspecified atom stereocenters. The van der Waals surface area contributed by atoms with Crippen LogP contribution in [-0.4, -0.2) is 36.0 Å². The van der Waals surface area contributed by atoms with Crippen molar-refractivity contribution in [3.05, 3.63) is 40.4 Å². The van der Waals surface area contributed by atoms with Crippen molar-refractivity contribution >= 4 is 33.9 Å². The Morgan fingerprint density at radius 2 is 1.92 bits per heavy atom. The van der Waals surface area contributed by atoms with Crippen LogP contribution in [0, 0.1) is 10.8 Å². The van der Waals surface area contributed by atoms with E-state index >= 15 is 0 Å². The van der Waals surface area contributed by atoms with Gasteiger partial charge < -0.3 is 9.64 Å². The van der Waals surface area contributed by atoms with E-state index in [0.717, 1.165) is 35.8 Å². The van der Waals surface area contributed by atoms with Crippen LogP contribution in [0.3, 0.4) is 0 Å². The SMILES string of the molecule is CC1(C)C[C@@H]2C[C@](C)(CN2C(=O)COC(=O)/C=C/c2ccc(Br)cc2)C1. The maximum Gasteiger partial charge on any atom is 0.331 e. The molecule has 1 heterocycles. The van der Waals surface area contributed by atoms with E-state index in [9.17, 15) is 9.59 Å². The number of halogens is 1. The molecule has 2 bridgehead atoms. The van der Waals surface area contributed by atoms with Gasteiger partial charge in [-0.3, -0.25) is 4.79 Å². The second kappa shape index (κ2) is 7.18. The molecule has 1 amide bonds. The second-order valence-electron chi connectivity index (χ2n) is 8.73. The molecule has 3 rings (SSSR count). The lowest BCUT2D eigenvalue weighted by Crippen LogP contribution is -2.39. The molecule has 1 saturated carbocycles. The molecule has 1 saturated heterocycles. The highest BCUT2D eigenvalue weighted by Crippen LogP contribution is 2.52. The fourth-order valence-electron chi connectivity index (χ4n) is 4.75. The number of ether oxygens (including phenoxy) is 1. The number of amides is 1. The summed E-state index contributed by atoms with van der Waals surface area (Å²) in [5.74, 6) is -0.572. The van der Waals surface area contributed by atoms with Crippen molar-refractivity contribution in [2.75, 3.05) is 13.2 Å². The highest BCUT2D eigenvalue weighted by molar-refractivity contribution is 9.10. The van der Waals surface area contributed by atoms with Gasteiger partial charge in [-0.2, -0.15) is 0 Å². The van der Waals surface area contributed by atoms with Crippen LogP contribution in [0.15, 0.2) is 34.8 Å². The molecular formula is C21H26BrNO3. The van der Waals surface area contributed by atoms with Gasteiger partial charge in [-0.05, 0) is 53.9 Å². The summed E-state index contributed by atoms with van der Waals surface area (Å²) >= 11 is 3.37. The molecule has 5 heteroatoms. The van der Waals surface area contributed by atoms with E-state index in [0.29, 0.717) is 0 Å². The summed E-state index contributed by atoms with van der Waals surface area (Å²) in [6.45, 7) is 7.40. The number of esters is 1. The summed E-state index contributed by atoms with van der Waals surface area (Å²) in [6.07, 6.45) is 6.26. The number of likely N-dealkylation sites (tertiary alicyclic amines) is 1. The number of hydrogen-bond donors (Lipinski definition) is 0. The van der Waals surface area contributed by atoms with Crippen LogP contribution in [0.4, 0.5) is 0 Å². The van der Waals surface area contributed by atoms with Crippen LogP contribution >= 0.6 is 15.9 Å². The molecule has 1 aromatic carbocycles. The fraction of sp³-hybridized carbons (Fsp3) is 0.524. The lowest BCUT2D eigenvalue weighted by Gasteiger charge is -2.39. The van der Waals surface area contributed by atoms with Gasteiger partial charge in [-0.25, -0.2) is 4.79 Å². The molecular weight excluding hydrogens is 394 g/mol. The zero-order valence-electron chi connectivity index (χ0n) is 15.6. The number of benzene rings is 1. The topological polar surface area (TPSA) is 46.6 Å². The number of hydrogen-bond acceptors (Lipinski definition) is 3. The van der Waals surface area contributed by atoms with Crippen molar-refractivity contribution in [2.45, 2.75) is 46.1 Å². The summed E-state index contributed by atoms with van der Waals surface area (Å²) in [7, 11) is 0. The first-order valence-corrected chi connectivity index (χ1v) is 9.85. The maximum absolute atomic E-state index is 12.6. The van der Waals surface area contributed by atoms with Crippen molar-refractivity contribution in [2.24, 2.45) is 10.8 Å². The lowest BCUT2D eigenvalue weighted by atomic mass is 9.65. The van der Waals surface area contributed by atoms with Crippen molar-refractivity contribution in [3.63, 3.8) is 0 Å². The molecule has 140 valence electrons. The van der Waals surface area contributed by atoms with E-state index in [2.05, 4.69) is 36.7 Å². The molecule has 0 spiro atoms. The highest BCUT2D eigenvalue weighted by Gasteiger charge is 2.50. The molecule has 2 fully saturated rings. The zero-order valence-corrected chi connectivity index (χ0v) is 17.2. The van der Waals surface area contributed by atoms with Crippen LogP contribution in [0.5, 0.6) is 0 Å². The molecule has 1 aromatic rings. The average Bonchev–Trinajstić information content (AvgIpc) is 2.81. The Labute approximate surface area is 163 Å². The number of fused-ring (bicyclic) bond motifs is 2. The van der Waals surface area contributed by atoms with Crippen molar-refractivity contribution in [1.82, 2.24) is 4.90 Å². The monoisotopic (exact) mass is 419 g/mol. The Kier molecular flexibility index (Phi) is 5.29. The Morgan fingerprint density at radius 3 is 2.62 bits per heavy atom. The number of carbonyl (C=O) groups is 2. The quantitative estimate of drug-likeness (QED) is 0.535. The summed E-state index contributed by atoms with van der Waals surface area (Å²) in [6, 6.07) is 7.87. The predicted molar refractivity (Wildman–Crippen MR) is 105 cm³/mol. The molecule has 0 N–H and O–H groups in total. The van der Waals surface area contributed by atoms with Gasteiger partial charge in [0.2, 0.25) is 0 Å². The van der Waals surface area contributed by atoms with E-state index in [1.54, 1.807) is 6.08 Å². The molecule has 26 heavy (non-hydrogen) atoms. The maximum atomic E-state index is 12.6. The normalized spacial score (nSPS) is 26.9. The van der Waals surface area contributed by atoms with Crippen LogP contribution in [0.25, 0.3) is 6.08 Å². The number of rotatable bonds is 4. The second-order valence-corrected chi connectivity index (χ2v) is 9.64. The van der Waals surface area contributed by atoms with Gasteiger partial charge >= 0.3 is 5.97 Å². The van der Waals surface area contributed by atoms with Crippen molar-refractivity contribution in [1.29, 1.82) is 0 Å². The van der Waals surface area contributed by atoms with E-state index < -0.39 is 5.97 Å². The van der Waals surface area contributed by atoms with Gasteiger partial charge in [0.05, 0.1) is 0 Å². The lowest BCUT2D eigenvalue weighted by molar-refractivity contribution is -0.148. The summed E-state index contributed by atoms with van der Waals surface area (Å²) in [4.78, 5) is 26.4. The van der Waals surface area contributed by atoms with E-state index in [1.165, 1.54) is 6.08 Å². The molecule has 0 aromatic heterocycles. The molecule has 0 radical (unpaired) electrons. The van der Waals surface area contributed by atoms with E-state index in [1.807, 2.05) is 29.2 Å². The van der Waals surface area contributed by atoms with Crippen molar-refractivity contribution in [3.8, 4) is 0 Å². The minimum Gasteiger partial charge on any atom is -0.452 e. The Hall–Kier alpha value is -1.62. The Balaban J connectivity index is 1.52. The van der Waals surface area contributed by atoms with Crippen LogP contribution in [0.2, 0.25) is 0 Å². The van der Waals surface area contributed by atoms with Gasteiger partial charge in [0.25, 0.3) is 5.91 Å². The van der Waals surface area contributed by atoms with Gasteiger partial charge in [-0.1, -0.05) is 48.8 Å². The first kappa shape index (κ1) is 19.2. The smallest absolute Gasteiger partial charge is 0.331 e. The third-order valence-corrected chi connectivity index (χ3v) is 5.88. The summed E-state index contributed by atoms with van der Waals surface area (Å²) in [5.41, 5.74) is 1.35. The van der Waals surface area contributed by atoms with Gasteiger partial charge in [0.15, 0.2) is 6.61 Å². The minimum atomic E-state index is -0.491. The average molecular weight is 420 g/mol. The van der Waals surface area contributed by atoms with E-state index in [4.69, 9.17) is 4.74 Å². The predicted octanol–water partition coefficient (Wildman–Crippen LogP) is 4.43. The molecule has 1 aliphatic carbocycles. The summed E-state index contributed by atoms with van der Waals surface area (Å²) < 4.78 is 6.15. The van der Waals surface area contributed by atoms with Gasteiger partial charge in [0.1, 0.15) is 0 Å². The first-order chi connectivity index (χ1) is 12.2. The summed E-state index contributed by atoms with van der Waals surface area (Å²) in [5, 5.41) is 0. The molecule has 4 nitrogen and oxygen atoms in total. The minimum absolute atomic E-state index is 0.0817. The van der Waals surface area contributed by atoms with Gasteiger partial charge in [0, 0.05) is 23.1 Å². The standard InChI is InChI=1S/C21H26BrNO3/c1-20(2)10-17-11-21(3,13-20)14-23(17)18(24)12-26-19(25)9-6-15-4-7-16(22)8-5-15/h4-9,17H,10-14H2,1-3H3/b9-6+/t17-,21+/m1/s1. The third kappa shape index (κ3) is 4.56. The van der Waals surface area contributed by atoms with E-state index in [-0.39, 0.29) is 29.4 Å². The number of carbonyl (C=O) groups excluding carboxylic acids is 2. The van der Waals surface area contributed by atoms with Crippen LogP contribution in [-0.2, 0) is 14.3 Å². The largest absolute Gasteiger partial charge is 0.452 e. The molecule has 1 aliphatic heterocycles. The molecule has 2 atom stereocenters. The highest BCUT2D eigenvalue weighted by atomic mass is 79.9. The first-order valence-electron chi connectivity index (χ1n) is 9.06. The van der Waals surface area contributed by atoms with Crippen LogP contribution < -0.4 is 0 Å². The van der Waals surface area contributed by atoms with Gasteiger partial charge in [-0.15, -0.1) is 0 Å².